The van der Waals surface area contributed by atoms with Crippen LogP contribution in [0.15, 0.2) is 18.3 Å². The Morgan fingerprint density at radius 2 is 2.12 bits per heavy atom. The van der Waals surface area contributed by atoms with Crippen LogP contribution in [-0.2, 0) is 0 Å². The first-order valence-corrected chi connectivity index (χ1v) is 5.40. The van der Waals surface area contributed by atoms with E-state index in [2.05, 4.69) is 4.98 Å². The lowest BCUT2D eigenvalue weighted by molar-refractivity contribution is -0.175. The summed E-state index contributed by atoms with van der Waals surface area (Å²) in [6, 6.07) is 2.70. The zero-order valence-corrected chi connectivity index (χ0v) is 9.04. The molecule has 0 aliphatic carbocycles. The molecular formula is C11H12F4N2. The molecule has 1 aromatic rings. The van der Waals surface area contributed by atoms with Gasteiger partial charge in [0.1, 0.15) is 0 Å². The highest BCUT2D eigenvalue weighted by Gasteiger charge is 2.41. The second-order valence-corrected chi connectivity index (χ2v) is 4.16. The fourth-order valence-corrected chi connectivity index (χ4v) is 2.07. The van der Waals surface area contributed by atoms with E-state index >= 15 is 0 Å². The van der Waals surface area contributed by atoms with Gasteiger partial charge in [-0.05, 0) is 18.9 Å². The quantitative estimate of drug-likeness (QED) is 0.561. The van der Waals surface area contributed by atoms with E-state index in [9.17, 15) is 17.6 Å². The molecule has 1 aliphatic heterocycles. The van der Waals surface area contributed by atoms with Crippen molar-refractivity contribution in [2.75, 3.05) is 18.0 Å². The summed E-state index contributed by atoms with van der Waals surface area (Å²) in [4.78, 5) is 4.95. The molecule has 17 heavy (non-hydrogen) atoms. The molecule has 1 fully saturated rings. The first-order chi connectivity index (χ1) is 7.97. The lowest BCUT2D eigenvalue weighted by Crippen LogP contribution is -2.41. The zero-order valence-electron chi connectivity index (χ0n) is 9.04. The predicted octanol–water partition coefficient (Wildman–Crippen LogP) is 3.00. The van der Waals surface area contributed by atoms with Gasteiger partial charge in [0.15, 0.2) is 0 Å². The maximum Gasteiger partial charge on any atom is 0.393 e. The van der Waals surface area contributed by atoms with Crippen molar-refractivity contribution in [3.8, 4) is 0 Å². The molecule has 2 nitrogen and oxygen atoms in total. The van der Waals surface area contributed by atoms with Gasteiger partial charge >= 0.3 is 6.18 Å². The Balaban J connectivity index is 2.12. The van der Waals surface area contributed by atoms with Gasteiger partial charge in [0.25, 0.3) is 0 Å². The molecule has 94 valence electrons. The standard InChI is InChI=1S/C11H12F4N2/c12-10-6-9(3-4-16-10)17-5-1-2-8(7-17)11(13,14)15/h3-4,6,8H,1-2,5,7H2. The Hall–Kier alpha value is -1.33. The summed E-state index contributed by atoms with van der Waals surface area (Å²) in [7, 11) is 0. The van der Waals surface area contributed by atoms with E-state index in [1.807, 2.05) is 0 Å². The smallest absolute Gasteiger partial charge is 0.371 e. The molecule has 1 unspecified atom stereocenters. The van der Waals surface area contributed by atoms with Crippen molar-refractivity contribution in [2.24, 2.45) is 5.92 Å². The van der Waals surface area contributed by atoms with Crippen LogP contribution in [0.5, 0.6) is 0 Å². The van der Waals surface area contributed by atoms with E-state index in [-0.39, 0.29) is 13.0 Å². The van der Waals surface area contributed by atoms with Gasteiger partial charge in [-0.2, -0.15) is 17.6 Å². The van der Waals surface area contributed by atoms with Crippen molar-refractivity contribution in [2.45, 2.75) is 19.0 Å². The molecule has 0 saturated carbocycles. The van der Waals surface area contributed by atoms with Crippen molar-refractivity contribution >= 4 is 5.69 Å². The number of piperidine rings is 1. The first kappa shape index (κ1) is 12.1. The SMILES string of the molecule is Fc1cc(N2CCCC(C(F)(F)F)C2)ccn1. The predicted molar refractivity (Wildman–Crippen MR) is 55.2 cm³/mol. The number of pyridine rings is 1. The zero-order chi connectivity index (χ0) is 12.5. The molecule has 1 atom stereocenters. The maximum atomic E-state index is 12.9. The lowest BCUT2D eigenvalue weighted by Gasteiger charge is -2.35. The summed E-state index contributed by atoms with van der Waals surface area (Å²) < 4.78 is 50.7. The summed E-state index contributed by atoms with van der Waals surface area (Å²) in [5.41, 5.74) is 0.464. The summed E-state index contributed by atoms with van der Waals surface area (Å²) in [5, 5.41) is 0. The number of rotatable bonds is 1. The van der Waals surface area contributed by atoms with Crippen LogP contribution in [-0.4, -0.2) is 24.2 Å². The fraction of sp³-hybridized carbons (Fsp3) is 0.545. The van der Waals surface area contributed by atoms with Crippen molar-refractivity contribution in [1.82, 2.24) is 4.98 Å². The topological polar surface area (TPSA) is 16.1 Å². The first-order valence-electron chi connectivity index (χ1n) is 5.40. The van der Waals surface area contributed by atoms with E-state index in [0.717, 1.165) is 0 Å². The van der Waals surface area contributed by atoms with Crippen molar-refractivity contribution in [1.29, 1.82) is 0 Å². The largest absolute Gasteiger partial charge is 0.393 e. The molecule has 0 bridgehead atoms. The molecule has 2 heterocycles. The van der Waals surface area contributed by atoms with Crippen molar-refractivity contribution in [3.05, 3.63) is 24.3 Å². The number of hydrogen-bond donors (Lipinski definition) is 0. The number of halogens is 4. The average molecular weight is 248 g/mol. The van der Waals surface area contributed by atoms with Gasteiger partial charge in [-0.3, -0.25) is 0 Å². The molecule has 2 rings (SSSR count). The third kappa shape index (κ3) is 2.87. The Labute approximate surface area is 96.3 Å². The van der Waals surface area contributed by atoms with Gasteiger partial charge in [-0.1, -0.05) is 0 Å². The van der Waals surface area contributed by atoms with E-state index in [0.29, 0.717) is 18.7 Å². The van der Waals surface area contributed by atoms with Crippen LogP contribution in [0.3, 0.4) is 0 Å². The average Bonchev–Trinajstić information content (AvgIpc) is 2.28. The van der Waals surface area contributed by atoms with E-state index in [1.54, 1.807) is 4.90 Å². The molecule has 0 spiro atoms. The molecule has 0 radical (unpaired) electrons. The Morgan fingerprint density at radius 3 is 2.76 bits per heavy atom. The number of nitrogens with zero attached hydrogens (tertiary/aromatic N) is 2. The monoisotopic (exact) mass is 248 g/mol. The second-order valence-electron chi connectivity index (χ2n) is 4.16. The number of aromatic nitrogens is 1. The molecule has 0 amide bonds. The van der Waals surface area contributed by atoms with E-state index in [4.69, 9.17) is 0 Å². The highest BCUT2D eigenvalue weighted by Crippen LogP contribution is 2.34. The van der Waals surface area contributed by atoms with Crippen molar-refractivity contribution < 1.29 is 17.6 Å². The fourth-order valence-electron chi connectivity index (χ4n) is 2.07. The molecule has 0 aromatic carbocycles. The maximum absolute atomic E-state index is 12.9. The van der Waals surface area contributed by atoms with Gasteiger partial charge in [-0.15, -0.1) is 0 Å². The third-order valence-electron chi connectivity index (χ3n) is 2.96. The summed E-state index contributed by atoms with van der Waals surface area (Å²) >= 11 is 0. The summed E-state index contributed by atoms with van der Waals surface area (Å²) in [6.07, 6.45) is -2.30. The molecule has 0 N–H and O–H groups in total. The van der Waals surface area contributed by atoms with Crippen LogP contribution < -0.4 is 4.90 Å². The van der Waals surface area contributed by atoms with Crippen LogP contribution >= 0.6 is 0 Å². The third-order valence-corrected chi connectivity index (χ3v) is 2.96. The van der Waals surface area contributed by atoms with Crippen LogP contribution in [0.2, 0.25) is 0 Å². The number of hydrogen-bond acceptors (Lipinski definition) is 2. The highest BCUT2D eigenvalue weighted by molar-refractivity contribution is 5.45. The van der Waals surface area contributed by atoms with Gasteiger partial charge in [-0.25, -0.2) is 4.98 Å². The van der Waals surface area contributed by atoms with Crippen LogP contribution in [0, 0.1) is 11.9 Å². The van der Waals surface area contributed by atoms with Gasteiger partial charge in [0.05, 0.1) is 5.92 Å². The van der Waals surface area contributed by atoms with Crippen LogP contribution in [0.4, 0.5) is 23.2 Å². The van der Waals surface area contributed by atoms with E-state index in [1.165, 1.54) is 18.3 Å². The number of anilines is 1. The van der Waals surface area contributed by atoms with Gasteiger partial charge in [0.2, 0.25) is 5.95 Å². The van der Waals surface area contributed by atoms with Gasteiger partial charge < -0.3 is 4.90 Å². The highest BCUT2D eigenvalue weighted by atomic mass is 19.4. The lowest BCUT2D eigenvalue weighted by atomic mass is 9.97. The molecular weight excluding hydrogens is 236 g/mol. The van der Waals surface area contributed by atoms with E-state index < -0.39 is 18.0 Å². The minimum Gasteiger partial charge on any atom is -0.371 e. The number of alkyl halides is 3. The molecule has 1 aliphatic rings. The Morgan fingerprint density at radius 1 is 1.35 bits per heavy atom. The normalized spacial score (nSPS) is 21.6. The van der Waals surface area contributed by atoms with Crippen molar-refractivity contribution in [3.63, 3.8) is 0 Å². The second kappa shape index (κ2) is 4.50. The van der Waals surface area contributed by atoms with Crippen LogP contribution in [0.1, 0.15) is 12.8 Å². The van der Waals surface area contributed by atoms with Crippen LogP contribution in [0.25, 0.3) is 0 Å². The Kier molecular flexibility index (Phi) is 3.22. The Bertz CT molecular complexity index is 391. The minimum absolute atomic E-state index is 0.104. The minimum atomic E-state index is -4.18. The molecule has 6 heteroatoms. The summed E-state index contributed by atoms with van der Waals surface area (Å²) in [6.45, 7) is 0.420. The van der Waals surface area contributed by atoms with Gasteiger partial charge in [0, 0.05) is 31.0 Å². The molecule has 1 saturated heterocycles. The summed E-state index contributed by atoms with van der Waals surface area (Å²) in [5.74, 6) is -2.00. The molecule has 1 aromatic heterocycles.